The van der Waals surface area contributed by atoms with Gasteiger partial charge in [-0.3, -0.25) is 4.79 Å². The van der Waals surface area contributed by atoms with Crippen LogP contribution in [0, 0.1) is 0 Å². The SMILES string of the molecule is COc1ccc2c3c(n(C)c2c1)[C@@H](CO)N(C(C)=O)CC31CCN(C(=O)NC(C)C)CC1. The number of rotatable bonds is 3. The lowest BCUT2D eigenvalue weighted by Gasteiger charge is -2.50. The Bertz CT molecular complexity index is 1040. The van der Waals surface area contributed by atoms with Crippen molar-refractivity contribution in [2.45, 2.75) is 51.1 Å². The predicted molar refractivity (Wildman–Crippen MR) is 123 cm³/mol. The summed E-state index contributed by atoms with van der Waals surface area (Å²) in [6.07, 6.45) is 1.52. The van der Waals surface area contributed by atoms with Gasteiger partial charge in [0.15, 0.2) is 0 Å². The third-order valence-corrected chi connectivity index (χ3v) is 7.15. The molecule has 2 aliphatic rings. The van der Waals surface area contributed by atoms with E-state index in [0.29, 0.717) is 19.6 Å². The van der Waals surface area contributed by atoms with E-state index >= 15 is 0 Å². The van der Waals surface area contributed by atoms with Crippen molar-refractivity contribution in [3.8, 4) is 5.75 Å². The number of ether oxygens (including phenoxy) is 1. The molecule has 2 N–H and O–H groups in total. The fraction of sp³-hybridized carbons (Fsp3) is 0.583. The summed E-state index contributed by atoms with van der Waals surface area (Å²) in [5.74, 6) is 0.727. The second kappa shape index (κ2) is 8.31. The standard InChI is InChI=1S/C24H34N4O4/c1-15(2)25-23(31)27-10-8-24(9-11-27)14-28(16(3)30)20(13-29)22-21(24)18-7-6-17(32-5)12-19(18)26(22)4/h6-7,12,15,20,29H,8-11,13-14H2,1-5H3,(H,25,31)/t20-/m1/s1. The number of benzene rings is 1. The minimum atomic E-state index is -0.390. The first-order valence-corrected chi connectivity index (χ1v) is 11.3. The van der Waals surface area contributed by atoms with Crippen LogP contribution in [0.1, 0.15) is 50.9 Å². The highest BCUT2D eigenvalue weighted by Gasteiger charge is 2.49. The number of carbonyl (C=O) groups is 2. The van der Waals surface area contributed by atoms with Crippen LogP contribution in [0.15, 0.2) is 18.2 Å². The Morgan fingerprint density at radius 3 is 2.53 bits per heavy atom. The highest BCUT2D eigenvalue weighted by Crippen LogP contribution is 2.50. The van der Waals surface area contributed by atoms with Crippen LogP contribution in [0.3, 0.4) is 0 Å². The lowest BCUT2D eigenvalue weighted by Crippen LogP contribution is -2.57. The summed E-state index contributed by atoms with van der Waals surface area (Å²) in [5.41, 5.74) is 2.95. The number of hydrogen-bond acceptors (Lipinski definition) is 4. The summed E-state index contributed by atoms with van der Waals surface area (Å²) in [4.78, 5) is 28.9. The van der Waals surface area contributed by atoms with Crippen molar-refractivity contribution in [3.63, 3.8) is 0 Å². The third-order valence-electron chi connectivity index (χ3n) is 7.15. The zero-order chi connectivity index (χ0) is 23.2. The first kappa shape index (κ1) is 22.5. The van der Waals surface area contributed by atoms with E-state index in [1.807, 2.05) is 42.8 Å². The normalized spacial score (nSPS) is 20.0. The van der Waals surface area contributed by atoms with Gasteiger partial charge in [0, 0.05) is 62.2 Å². The number of piperidine rings is 1. The summed E-state index contributed by atoms with van der Waals surface area (Å²) in [7, 11) is 3.64. The maximum atomic E-state index is 12.6. The third kappa shape index (κ3) is 3.50. The number of aliphatic hydroxyl groups excluding tert-OH is 1. The molecule has 8 heteroatoms. The molecule has 0 aliphatic carbocycles. The van der Waals surface area contributed by atoms with Gasteiger partial charge in [-0.2, -0.15) is 0 Å². The van der Waals surface area contributed by atoms with Gasteiger partial charge in [0.05, 0.1) is 25.3 Å². The molecule has 3 heterocycles. The Balaban J connectivity index is 1.82. The number of amides is 3. The Hall–Kier alpha value is -2.74. The van der Waals surface area contributed by atoms with Crippen molar-refractivity contribution >= 4 is 22.8 Å². The highest BCUT2D eigenvalue weighted by atomic mass is 16.5. The van der Waals surface area contributed by atoms with E-state index in [1.54, 1.807) is 14.0 Å². The molecule has 1 aromatic carbocycles. The number of urea groups is 1. The number of carbonyl (C=O) groups excluding carboxylic acids is 2. The number of likely N-dealkylation sites (tertiary alicyclic amines) is 1. The quantitative estimate of drug-likeness (QED) is 0.765. The van der Waals surface area contributed by atoms with Crippen molar-refractivity contribution in [1.82, 2.24) is 19.7 Å². The molecule has 2 aromatic rings. The topological polar surface area (TPSA) is 87.0 Å². The molecular weight excluding hydrogens is 408 g/mol. The maximum Gasteiger partial charge on any atom is 0.317 e. The first-order chi connectivity index (χ1) is 15.2. The Kier molecular flexibility index (Phi) is 5.83. The first-order valence-electron chi connectivity index (χ1n) is 11.3. The van der Waals surface area contributed by atoms with Crippen LogP contribution in [-0.4, -0.2) is 70.8 Å². The summed E-state index contributed by atoms with van der Waals surface area (Å²) in [5, 5.41) is 14.4. The molecule has 1 spiro atoms. The molecule has 32 heavy (non-hydrogen) atoms. The number of aromatic nitrogens is 1. The van der Waals surface area contributed by atoms with Gasteiger partial charge < -0.3 is 29.5 Å². The number of nitrogens with zero attached hydrogens (tertiary/aromatic N) is 3. The molecule has 0 unspecified atom stereocenters. The van der Waals surface area contributed by atoms with Crippen LogP contribution >= 0.6 is 0 Å². The smallest absolute Gasteiger partial charge is 0.317 e. The molecule has 4 rings (SSSR count). The van der Waals surface area contributed by atoms with E-state index < -0.39 is 6.04 Å². The summed E-state index contributed by atoms with van der Waals surface area (Å²) >= 11 is 0. The van der Waals surface area contributed by atoms with Gasteiger partial charge in [-0.25, -0.2) is 4.79 Å². The molecule has 1 saturated heterocycles. The summed E-state index contributed by atoms with van der Waals surface area (Å²) in [6, 6.07) is 5.73. The zero-order valence-corrected chi connectivity index (χ0v) is 19.6. The second-order valence-electron chi connectivity index (χ2n) is 9.42. The van der Waals surface area contributed by atoms with Crippen LogP contribution < -0.4 is 10.1 Å². The van der Waals surface area contributed by atoms with Gasteiger partial charge in [0.2, 0.25) is 5.91 Å². The van der Waals surface area contributed by atoms with Crippen LogP contribution in [0.4, 0.5) is 4.79 Å². The number of fused-ring (bicyclic) bond motifs is 4. The van der Waals surface area contributed by atoms with E-state index in [4.69, 9.17) is 4.74 Å². The van der Waals surface area contributed by atoms with Gasteiger partial charge in [-0.05, 0) is 44.4 Å². The van der Waals surface area contributed by atoms with E-state index in [2.05, 4.69) is 16.0 Å². The average Bonchev–Trinajstić information content (AvgIpc) is 3.06. The van der Waals surface area contributed by atoms with Gasteiger partial charge in [0.1, 0.15) is 5.75 Å². The molecule has 0 bridgehead atoms. The van der Waals surface area contributed by atoms with Crippen LogP contribution in [0.5, 0.6) is 5.75 Å². The Labute approximate surface area is 189 Å². The minimum absolute atomic E-state index is 0.0369. The summed E-state index contributed by atoms with van der Waals surface area (Å²) < 4.78 is 7.55. The lowest BCUT2D eigenvalue weighted by molar-refractivity contribution is -0.135. The molecule has 1 aromatic heterocycles. The molecule has 0 radical (unpaired) electrons. The van der Waals surface area contributed by atoms with Crippen LogP contribution in [0.2, 0.25) is 0 Å². The highest BCUT2D eigenvalue weighted by molar-refractivity contribution is 5.89. The zero-order valence-electron chi connectivity index (χ0n) is 19.6. The Morgan fingerprint density at radius 1 is 1.28 bits per heavy atom. The van der Waals surface area contributed by atoms with E-state index in [0.717, 1.165) is 35.2 Å². The molecule has 3 amide bonds. The molecule has 0 saturated carbocycles. The van der Waals surface area contributed by atoms with Gasteiger partial charge >= 0.3 is 6.03 Å². The van der Waals surface area contributed by atoms with Gasteiger partial charge in [-0.1, -0.05) is 0 Å². The molecular formula is C24H34N4O4. The van der Waals surface area contributed by atoms with Crippen molar-refractivity contribution < 1.29 is 19.4 Å². The summed E-state index contributed by atoms with van der Waals surface area (Å²) in [6.45, 7) is 7.15. The average molecular weight is 443 g/mol. The van der Waals surface area contributed by atoms with Crippen molar-refractivity contribution in [1.29, 1.82) is 0 Å². The molecule has 1 fully saturated rings. The largest absolute Gasteiger partial charge is 0.497 e. The number of hydrogen-bond donors (Lipinski definition) is 2. The lowest BCUT2D eigenvalue weighted by atomic mass is 9.68. The number of nitrogens with one attached hydrogen (secondary N) is 1. The Morgan fingerprint density at radius 2 is 1.97 bits per heavy atom. The van der Waals surface area contributed by atoms with Crippen LogP contribution in [0.25, 0.3) is 10.9 Å². The number of methoxy groups -OCH3 is 1. The fourth-order valence-corrected chi connectivity index (χ4v) is 5.57. The van der Waals surface area contributed by atoms with Gasteiger partial charge in [0.25, 0.3) is 0 Å². The number of aryl methyl sites for hydroxylation is 1. The molecule has 2 aliphatic heterocycles. The van der Waals surface area contributed by atoms with Crippen molar-refractivity contribution in [3.05, 3.63) is 29.5 Å². The van der Waals surface area contributed by atoms with E-state index in [9.17, 15) is 14.7 Å². The van der Waals surface area contributed by atoms with Gasteiger partial charge in [-0.15, -0.1) is 0 Å². The predicted octanol–water partition coefficient (Wildman–Crippen LogP) is 2.53. The maximum absolute atomic E-state index is 12.6. The number of aliphatic hydroxyl groups is 1. The van der Waals surface area contributed by atoms with Crippen molar-refractivity contribution in [2.75, 3.05) is 33.4 Å². The van der Waals surface area contributed by atoms with Crippen LogP contribution in [-0.2, 0) is 17.3 Å². The fourth-order valence-electron chi connectivity index (χ4n) is 5.57. The molecule has 8 nitrogen and oxygen atoms in total. The minimum Gasteiger partial charge on any atom is -0.497 e. The molecule has 174 valence electrons. The second-order valence-corrected chi connectivity index (χ2v) is 9.42. The molecule has 1 atom stereocenters. The van der Waals surface area contributed by atoms with E-state index in [-0.39, 0.29) is 30.0 Å². The monoisotopic (exact) mass is 442 g/mol. The van der Waals surface area contributed by atoms with E-state index in [1.165, 1.54) is 5.56 Å². The van der Waals surface area contributed by atoms with Crippen molar-refractivity contribution in [2.24, 2.45) is 7.05 Å².